The minimum atomic E-state index is -0.326. The van der Waals surface area contributed by atoms with E-state index in [4.69, 9.17) is 0 Å². The zero-order chi connectivity index (χ0) is 18.7. The van der Waals surface area contributed by atoms with Crippen molar-refractivity contribution in [3.63, 3.8) is 0 Å². The second-order valence-corrected chi connectivity index (χ2v) is 6.63. The summed E-state index contributed by atoms with van der Waals surface area (Å²) in [7, 11) is 1.75. The first-order chi connectivity index (χ1) is 12.5. The molecule has 1 N–H and O–H groups in total. The molecule has 2 amide bonds. The Balaban J connectivity index is 1.81. The Morgan fingerprint density at radius 2 is 1.69 bits per heavy atom. The maximum Gasteiger partial charge on any atom is 0.229 e. The number of nitrogens with zero attached hydrogens (tertiary/aromatic N) is 1. The lowest BCUT2D eigenvalue weighted by molar-refractivity contribution is -0.140. The third-order valence-corrected chi connectivity index (χ3v) is 4.90. The van der Waals surface area contributed by atoms with E-state index in [1.54, 1.807) is 36.2 Å². The normalized spacial score (nSPS) is 19.9. The highest BCUT2D eigenvalue weighted by molar-refractivity contribution is 5.97. The maximum absolute atomic E-state index is 12.9. The van der Waals surface area contributed by atoms with E-state index in [1.807, 2.05) is 30.3 Å². The zero-order valence-corrected chi connectivity index (χ0v) is 14.9. The van der Waals surface area contributed by atoms with E-state index in [0.29, 0.717) is 24.1 Å². The highest BCUT2D eigenvalue weighted by Gasteiger charge is 2.38. The zero-order valence-electron chi connectivity index (χ0n) is 14.9. The van der Waals surface area contributed by atoms with E-state index in [9.17, 15) is 14.4 Å². The van der Waals surface area contributed by atoms with Gasteiger partial charge >= 0.3 is 0 Å². The molecule has 2 aromatic carbocycles. The monoisotopic (exact) mass is 350 g/mol. The number of carbonyl (C=O) groups is 3. The maximum atomic E-state index is 12.9. The molecule has 0 aromatic heterocycles. The second kappa shape index (κ2) is 7.52. The predicted octanol–water partition coefficient (Wildman–Crippen LogP) is 3.44. The lowest BCUT2D eigenvalue weighted by Crippen LogP contribution is -2.44. The van der Waals surface area contributed by atoms with Crippen molar-refractivity contribution < 1.29 is 14.4 Å². The van der Waals surface area contributed by atoms with Crippen LogP contribution < -0.4 is 5.32 Å². The summed E-state index contributed by atoms with van der Waals surface area (Å²) in [5.41, 5.74) is 2.20. The molecule has 1 aliphatic rings. The van der Waals surface area contributed by atoms with Gasteiger partial charge in [-0.1, -0.05) is 30.3 Å². The Kier molecular flexibility index (Phi) is 5.16. The van der Waals surface area contributed by atoms with E-state index >= 15 is 0 Å². The number of anilines is 1. The molecule has 0 unspecified atom stereocenters. The van der Waals surface area contributed by atoms with Crippen molar-refractivity contribution in [3.8, 4) is 0 Å². The summed E-state index contributed by atoms with van der Waals surface area (Å²) in [6.07, 6.45) is 0.876. The van der Waals surface area contributed by atoms with E-state index in [0.717, 1.165) is 5.56 Å². The summed E-state index contributed by atoms with van der Waals surface area (Å²) in [5.74, 6) is -0.408. The molecule has 3 rings (SSSR count). The van der Waals surface area contributed by atoms with Crippen LogP contribution in [-0.4, -0.2) is 29.5 Å². The van der Waals surface area contributed by atoms with Gasteiger partial charge in [-0.3, -0.25) is 14.4 Å². The first-order valence-corrected chi connectivity index (χ1v) is 8.70. The molecule has 26 heavy (non-hydrogen) atoms. The third-order valence-electron chi connectivity index (χ3n) is 4.90. The van der Waals surface area contributed by atoms with Gasteiger partial charge in [0.25, 0.3) is 0 Å². The Bertz CT molecular complexity index is 815. The van der Waals surface area contributed by atoms with Crippen molar-refractivity contribution in [2.45, 2.75) is 25.8 Å². The van der Waals surface area contributed by atoms with Crippen LogP contribution in [0.3, 0.4) is 0 Å². The Labute approximate surface area is 153 Å². The fraction of sp³-hybridized carbons (Fsp3) is 0.286. The van der Waals surface area contributed by atoms with Gasteiger partial charge in [-0.15, -0.1) is 0 Å². The summed E-state index contributed by atoms with van der Waals surface area (Å²) >= 11 is 0. The Morgan fingerprint density at radius 1 is 1.04 bits per heavy atom. The van der Waals surface area contributed by atoms with Gasteiger partial charge in [0.2, 0.25) is 11.8 Å². The molecule has 2 atom stereocenters. The fourth-order valence-corrected chi connectivity index (χ4v) is 3.44. The minimum absolute atomic E-state index is 0.0144. The lowest BCUT2D eigenvalue weighted by Gasteiger charge is -2.38. The number of rotatable bonds is 4. The van der Waals surface area contributed by atoms with Gasteiger partial charge in [-0.05, 0) is 43.2 Å². The van der Waals surface area contributed by atoms with Gasteiger partial charge in [0.15, 0.2) is 5.78 Å². The molecule has 0 bridgehead atoms. The van der Waals surface area contributed by atoms with Crippen LogP contribution in [0, 0.1) is 5.92 Å². The van der Waals surface area contributed by atoms with E-state index < -0.39 is 0 Å². The molecular formula is C21H22N2O3. The van der Waals surface area contributed by atoms with Crippen LogP contribution in [0.25, 0.3) is 0 Å². The molecule has 5 heteroatoms. The average Bonchev–Trinajstić information content (AvgIpc) is 2.65. The Morgan fingerprint density at radius 3 is 2.31 bits per heavy atom. The number of hydrogen-bond donors (Lipinski definition) is 1. The van der Waals surface area contributed by atoms with Crippen molar-refractivity contribution in [2.24, 2.45) is 5.92 Å². The van der Waals surface area contributed by atoms with Crippen molar-refractivity contribution in [1.82, 2.24) is 4.90 Å². The van der Waals surface area contributed by atoms with Crippen LogP contribution >= 0.6 is 0 Å². The fourth-order valence-electron chi connectivity index (χ4n) is 3.44. The molecule has 0 aliphatic carbocycles. The number of nitrogens with one attached hydrogen (secondary N) is 1. The predicted molar refractivity (Wildman–Crippen MR) is 99.8 cm³/mol. The van der Waals surface area contributed by atoms with Gasteiger partial charge in [0.05, 0.1) is 12.0 Å². The van der Waals surface area contributed by atoms with Crippen molar-refractivity contribution >= 4 is 23.3 Å². The number of Topliss-reactive ketones (excluding diaryl/α,β-unsaturated/α-hetero) is 1. The quantitative estimate of drug-likeness (QED) is 0.859. The van der Waals surface area contributed by atoms with Gasteiger partial charge in [0, 0.05) is 24.7 Å². The van der Waals surface area contributed by atoms with Gasteiger partial charge in [-0.2, -0.15) is 0 Å². The molecule has 134 valence electrons. The number of carbonyl (C=O) groups excluding carboxylic acids is 3. The summed E-state index contributed by atoms with van der Waals surface area (Å²) < 4.78 is 0. The highest BCUT2D eigenvalue weighted by atomic mass is 16.2. The van der Waals surface area contributed by atoms with Gasteiger partial charge in [0.1, 0.15) is 0 Å². The molecule has 0 saturated carbocycles. The van der Waals surface area contributed by atoms with Crippen molar-refractivity contribution in [1.29, 1.82) is 0 Å². The number of amides is 2. The molecule has 0 radical (unpaired) electrons. The van der Waals surface area contributed by atoms with Crippen LogP contribution in [-0.2, 0) is 9.59 Å². The van der Waals surface area contributed by atoms with Crippen LogP contribution in [0.5, 0.6) is 0 Å². The second-order valence-electron chi connectivity index (χ2n) is 6.63. The van der Waals surface area contributed by atoms with Crippen molar-refractivity contribution in [3.05, 3.63) is 65.7 Å². The molecule has 2 aromatic rings. The van der Waals surface area contributed by atoms with Crippen LogP contribution in [0.4, 0.5) is 5.69 Å². The topological polar surface area (TPSA) is 66.5 Å². The molecule has 0 spiro atoms. The number of hydrogen-bond acceptors (Lipinski definition) is 3. The third kappa shape index (κ3) is 3.67. The molecular weight excluding hydrogens is 328 g/mol. The smallest absolute Gasteiger partial charge is 0.229 e. The van der Waals surface area contributed by atoms with Crippen LogP contribution in [0.2, 0.25) is 0 Å². The number of ketones is 1. The molecule has 1 fully saturated rings. The van der Waals surface area contributed by atoms with Gasteiger partial charge in [-0.25, -0.2) is 0 Å². The van der Waals surface area contributed by atoms with E-state index in [-0.39, 0.29) is 29.6 Å². The minimum Gasteiger partial charge on any atom is -0.338 e. The first kappa shape index (κ1) is 17.9. The lowest BCUT2D eigenvalue weighted by atomic mass is 9.84. The molecule has 1 aliphatic heterocycles. The summed E-state index contributed by atoms with van der Waals surface area (Å²) in [6, 6.07) is 16.2. The summed E-state index contributed by atoms with van der Waals surface area (Å²) in [5, 5.41) is 2.92. The van der Waals surface area contributed by atoms with Gasteiger partial charge < -0.3 is 10.2 Å². The van der Waals surface area contributed by atoms with E-state index in [1.165, 1.54) is 6.92 Å². The Hall–Kier alpha value is -2.95. The summed E-state index contributed by atoms with van der Waals surface area (Å²) in [4.78, 5) is 38.1. The van der Waals surface area contributed by atoms with Crippen molar-refractivity contribution in [2.75, 3.05) is 12.4 Å². The van der Waals surface area contributed by atoms with E-state index in [2.05, 4.69) is 5.32 Å². The SMILES string of the molecule is CC(=O)c1ccc(NC(=O)[C@H]2CCC(=O)N(C)[C@H]2c2ccccc2)cc1. The van der Waals surface area contributed by atoms with Crippen LogP contribution in [0.1, 0.15) is 41.7 Å². The number of piperidine rings is 1. The number of likely N-dealkylation sites (tertiary alicyclic amines) is 1. The highest BCUT2D eigenvalue weighted by Crippen LogP contribution is 2.36. The standard InChI is InChI=1S/C21H22N2O3/c1-14(24)15-8-10-17(11-9-15)22-21(26)18-12-13-19(25)23(2)20(18)16-6-4-3-5-7-16/h3-11,18,20H,12-13H2,1-2H3,(H,22,26)/t18-,20-/m0/s1. The molecule has 5 nitrogen and oxygen atoms in total. The largest absolute Gasteiger partial charge is 0.338 e. The first-order valence-electron chi connectivity index (χ1n) is 8.70. The molecule has 1 heterocycles. The van der Waals surface area contributed by atoms with Crippen LogP contribution in [0.15, 0.2) is 54.6 Å². The number of benzene rings is 2. The average molecular weight is 350 g/mol. The molecule has 1 saturated heterocycles. The summed E-state index contributed by atoms with van der Waals surface area (Å²) in [6.45, 7) is 1.51.